The third-order valence-corrected chi connectivity index (χ3v) is 4.63. The number of likely N-dealkylation sites (tertiary alicyclic amines) is 2. The van der Waals surface area contributed by atoms with Crippen molar-refractivity contribution < 1.29 is 9.59 Å². The summed E-state index contributed by atoms with van der Waals surface area (Å²) in [7, 11) is 0. The number of rotatable bonds is 0. The summed E-state index contributed by atoms with van der Waals surface area (Å²) in [6.45, 7) is 24.0. The van der Waals surface area contributed by atoms with E-state index in [2.05, 4.69) is 27.7 Å². The minimum absolute atomic E-state index is 0.225. The van der Waals surface area contributed by atoms with Crippen LogP contribution in [0.2, 0.25) is 0 Å². The smallest absolute Gasteiger partial charge is 0.219 e. The van der Waals surface area contributed by atoms with Gasteiger partial charge >= 0.3 is 0 Å². The van der Waals surface area contributed by atoms with Crippen LogP contribution in [0.3, 0.4) is 0 Å². The van der Waals surface area contributed by atoms with Crippen LogP contribution < -0.4 is 0 Å². The third-order valence-electron chi connectivity index (χ3n) is 4.63. The van der Waals surface area contributed by atoms with Crippen molar-refractivity contribution in [3.63, 3.8) is 0 Å². The highest BCUT2D eigenvalue weighted by atomic mass is 16.2. The Balaban J connectivity index is 0. The van der Waals surface area contributed by atoms with Gasteiger partial charge in [-0.15, -0.1) is 0 Å². The maximum Gasteiger partial charge on any atom is 0.219 e. The van der Waals surface area contributed by atoms with E-state index in [9.17, 15) is 9.59 Å². The maximum atomic E-state index is 11.0. The van der Waals surface area contributed by atoms with Gasteiger partial charge in [-0.3, -0.25) is 9.59 Å². The van der Waals surface area contributed by atoms with Gasteiger partial charge in [-0.2, -0.15) is 0 Å². The maximum absolute atomic E-state index is 11.0. The van der Waals surface area contributed by atoms with E-state index in [4.69, 9.17) is 0 Å². The fraction of sp³-hybridized carbons (Fsp3) is 0.909. The molecule has 0 N–H and O–H groups in total. The monoisotopic (exact) mass is 370 g/mol. The number of carbonyl (C=O) groups excluding carboxylic acids is 2. The predicted molar refractivity (Wildman–Crippen MR) is 113 cm³/mol. The largest absolute Gasteiger partial charge is 0.342 e. The van der Waals surface area contributed by atoms with Crippen molar-refractivity contribution in [3.8, 4) is 0 Å². The SMILES string of the molecule is CC.CC.CC(=O)N1C[C@H](C)C[C@@H](C)C1.CC(=O)N1C[C@H](C)C[C@H](C)C1. The minimum atomic E-state index is 0.225. The van der Waals surface area contributed by atoms with Crippen molar-refractivity contribution in [1.29, 1.82) is 0 Å². The van der Waals surface area contributed by atoms with Gasteiger partial charge in [-0.25, -0.2) is 0 Å². The Morgan fingerprint density at radius 3 is 0.923 bits per heavy atom. The first-order valence-corrected chi connectivity index (χ1v) is 10.7. The Hall–Kier alpha value is -1.06. The molecule has 156 valence electrons. The lowest BCUT2D eigenvalue weighted by molar-refractivity contribution is -0.132. The Morgan fingerprint density at radius 2 is 0.769 bits per heavy atom. The summed E-state index contributed by atoms with van der Waals surface area (Å²) in [4.78, 5) is 25.9. The van der Waals surface area contributed by atoms with E-state index in [0.29, 0.717) is 23.7 Å². The molecule has 2 aliphatic rings. The van der Waals surface area contributed by atoms with Crippen molar-refractivity contribution in [1.82, 2.24) is 9.80 Å². The molecule has 4 nitrogen and oxygen atoms in total. The molecule has 2 rings (SSSR count). The van der Waals surface area contributed by atoms with Crippen LogP contribution in [0, 0.1) is 23.7 Å². The highest BCUT2D eigenvalue weighted by molar-refractivity contribution is 5.73. The molecule has 0 saturated carbocycles. The molecule has 2 saturated heterocycles. The topological polar surface area (TPSA) is 40.6 Å². The number of amides is 2. The van der Waals surface area contributed by atoms with E-state index < -0.39 is 0 Å². The summed E-state index contributed by atoms with van der Waals surface area (Å²) in [5.74, 6) is 3.18. The van der Waals surface area contributed by atoms with E-state index in [1.807, 2.05) is 37.5 Å². The van der Waals surface area contributed by atoms with E-state index in [1.54, 1.807) is 13.8 Å². The normalized spacial score (nSPS) is 27.6. The lowest BCUT2D eigenvalue weighted by Crippen LogP contribution is -2.41. The molecule has 0 radical (unpaired) electrons. The van der Waals surface area contributed by atoms with Crippen LogP contribution in [0.25, 0.3) is 0 Å². The first-order valence-electron chi connectivity index (χ1n) is 10.7. The van der Waals surface area contributed by atoms with Crippen molar-refractivity contribution in [2.24, 2.45) is 23.7 Å². The van der Waals surface area contributed by atoms with E-state index in [-0.39, 0.29) is 11.8 Å². The van der Waals surface area contributed by atoms with Crippen LogP contribution in [0.15, 0.2) is 0 Å². The van der Waals surface area contributed by atoms with E-state index in [1.165, 1.54) is 12.8 Å². The minimum Gasteiger partial charge on any atom is -0.342 e. The van der Waals surface area contributed by atoms with Crippen LogP contribution in [0.4, 0.5) is 0 Å². The van der Waals surface area contributed by atoms with Crippen molar-refractivity contribution in [2.75, 3.05) is 26.2 Å². The van der Waals surface area contributed by atoms with Crippen LogP contribution in [0.5, 0.6) is 0 Å². The van der Waals surface area contributed by atoms with Gasteiger partial charge in [-0.1, -0.05) is 55.4 Å². The van der Waals surface area contributed by atoms with Gasteiger partial charge in [0.25, 0.3) is 0 Å². The first kappa shape index (κ1) is 27.2. The zero-order valence-electron chi connectivity index (χ0n) is 19.3. The summed E-state index contributed by atoms with van der Waals surface area (Å²) in [6.07, 6.45) is 2.54. The Morgan fingerprint density at radius 1 is 0.577 bits per heavy atom. The van der Waals surface area contributed by atoms with E-state index >= 15 is 0 Å². The molecule has 2 aliphatic heterocycles. The quantitative estimate of drug-likeness (QED) is 0.597. The fourth-order valence-corrected chi connectivity index (χ4v) is 3.84. The van der Waals surface area contributed by atoms with Crippen LogP contribution in [0.1, 0.15) is 82.1 Å². The second-order valence-electron chi connectivity index (χ2n) is 7.74. The summed E-state index contributed by atoms with van der Waals surface area (Å²) in [5, 5.41) is 0. The molecule has 26 heavy (non-hydrogen) atoms. The predicted octanol–water partition coefficient (Wildman–Crippen LogP) is 5.07. The lowest BCUT2D eigenvalue weighted by Gasteiger charge is -2.34. The van der Waals surface area contributed by atoms with E-state index in [0.717, 1.165) is 26.2 Å². The summed E-state index contributed by atoms with van der Waals surface area (Å²) in [6, 6.07) is 0. The Labute approximate surface area is 163 Å². The van der Waals surface area contributed by atoms with Crippen LogP contribution >= 0.6 is 0 Å². The molecular formula is C22H46N2O2. The van der Waals surface area contributed by atoms with Gasteiger partial charge in [0.2, 0.25) is 11.8 Å². The second-order valence-corrected chi connectivity index (χ2v) is 7.74. The molecule has 0 aliphatic carbocycles. The standard InChI is InChI=1S/2C9H17NO.2C2H6/c2*1-7-4-8(2)6-10(5-7)9(3)11;2*1-2/h2*7-8H,4-6H2,1-3H3;2*1-2H3/t7-,8+;7-,8-;;/m.1../s1. The van der Waals surface area contributed by atoms with Gasteiger partial charge in [0, 0.05) is 40.0 Å². The van der Waals surface area contributed by atoms with Gasteiger partial charge in [0.05, 0.1) is 0 Å². The molecule has 0 aromatic heterocycles. The highest BCUT2D eigenvalue weighted by Crippen LogP contribution is 2.21. The number of hydrogen-bond donors (Lipinski definition) is 0. The molecular weight excluding hydrogens is 324 g/mol. The zero-order valence-corrected chi connectivity index (χ0v) is 19.3. The van der Waals surface area contributed by atoms with Gasteiger partial charge in [-0.05, 0) is 36.5 Å². The zero-order chi connectivity index (χ0) is 20.9. The number of piperidine rings is 2. The molecule has 4 atom stereocenters. The molecule has 0 bridgehead atoms. The number of nitrogens with zero attached hydrogens (tertiary/aromatic N) is 2. The van der Waals surface area contributed by atoms with Crippen molar-refractivity contribution in [3.05, 3.63) is 0 Å². The average molecular weight is 371 g/mol. The number of carbonyl (C=O) groups is 2. The second kappa shape index (κ2) is 15.0. The highest BCUT2D eigenvalue weighted by Gasteiger charge is 2.23. The van der Waals surface area contributed by atoms with Crippen LogP contribution in [-0.2, 0) is 9.59 Å². The molecule has 0 aromatic rings. The average Bonchev–Trinajstić information content (AvgIpc) is 2.57. The summed E-state index contributed by atoms with van der Waals surface area (Å²) >= 11 is 0. The van der Waals surface area contributed by atoms with Crippen molar-refractivity contribution >= 4 is 11.8 Å². The summed E-state index contributed by atoms with van der Waals surface area (Å²) in [5.41, 5.74) is 0. The molecule has 2 amide bonds. The molecule has 4 heteroatoms. The third kappa shape index (κ3) is 11.5. The van der Waals surface area contributed by atoms with Gasteiger partial charge in [0.1, 0.15) is 0 Å². The fourth-order valence-electron chi connectivity index (χ4n) is 3.84. The Bertz CT molecular complexity index is 328. The number of hydrogen-bond acceptors (Lipinski definition) is 2. The van der Waals surface area contributed by atoms with Crippen LogP contribution in [-0.4, -0.2) is 47.8 Å². The Kier molecular flexibility index (Phi) is 15.7. The molecule has 0 spiro atoms. The molecule has 2 fully saturated rings. The van der Waals surface area contributed by atoms with Crippen molar-refractivity contribution in [2.45, 2.75) is 82.1 Å². The van der Waals surface area contributed by atoms with Gasteiger partial charge in [0.15, 0.2) is 0 Å². The van der Waals surface area contributed by atoms with Gasteiger partial charge < -0.3 is 9.80 Å². The lowest BCUT2D eigenvalue weighted by atomic mass is 9.92. The summed E-state index contributed by atoms with van der Waals surface area (Å²) < 4.78 is 0. The molecule has 2 heterocycles. The molecule has 0 unspecified atom stereocenters. The first-order chi connectivity index (χ1) is 12.2. The molecule has 0 aromatic carbocycles.